The number of anilines is 1. The largest absolute Gasteiger partial charge is 0.461 e. The standard InChI is InChI=1S/C17H24N4O3/c22-15-17(12-14(24-15)13-20-8-10-23-11-9-20)2-6-21(7-3-17)16-18-4-1-5-19-16/h1,4-5,14H,2-3,6-13H2. The molecule has 0 radical (unpaired) electrons. The van der Waals surface area contributed by atoms with Crippen molar-refractivity contribution in [2.45, 2.75) is 25.4 Å². The van der Waals surface area contributed by atoms with Crippen LogP contribution in [0.1, 0.15) is 19.3 Å². The molecule has 0 amide bonds. The van der Waals surface area contributed by atoms with Crippen LogP contribution in [-0.2, 0) is 14.3 Å². The first kappa shape index (κ1) is 15.8. The molecular weight excluding hydrogens is 308 g/mol. The van der Waals surface area contributed by atoms with E-state index in [4.69, 9.17) is 9.47 Å². The number of ether oxygens (including phenoxy) is 2. The molecule has 3 fully saturated rings. The van der Waals surface area contributed by atoms with Crippen LogP contribution in [0.4, 0.5) is 5.95 Å². The van der Waals surface area contributed by atoms with E-state index in [0.717, 1.165) is 71.1 Å². The lowest BCUT2D eigenvalue weighted by molar-refractivity contribution is -0.150. The first-order chi connectivity index (χ1) is 11.8. The van der Waals surface area contributed by atoms with Gasteiger partial charge in [0.2, 0.25) is 5.95 Å². The number of esters is 1. The minimum absolute atomic E-state index is 0.00519. The summed E-state index contributed by atoms with van der Waals surface area (Å²) < 4.78 is 11.1. The maximum Gasteiger partial charge on any atom is 0.312 e. The lowest BCUT2D eigenvalue weighted by atomic mass is 9.76. The van der Waals surface area contributed by atoms with Gasteiger partial charge in [0.1, 0.15) is 6.10 Å². The molecule has 0 aliphatic carbocycles. The topological polar surface area (TPSA) is 67.8 Å². The number of carbonyl (C=O) groups is 1. The Morgan fingerprint density at radius 1 is 1.12 bits per heavy atom. The predicted octanol–water partition coefficient (Wildman–Crippen LogP) is 0.711. The minimum Gasteiger partial charge on any atom is -0.461 e. The van der Waals surface area contributed by atoms with Gasteiger partial charge in [-0.3, -0.25) is 9.69 Å². The number of hydrogen-bond donors (Lipinski definition) is 0. The van der Waals surface area contributed by atoms with E-state index in [2.05, 4.69) is 19.8 Å². The summed E-state index contributed by atoms with van der Waals surface area (Å²) in [6.45, 7) is 5.87. The Hall–Kier alpha value is -1.73. The summed E-state index contributed by atoms with van der Waals surface area (Å²) in [6, 6.07) is 1.82. The van der Waals surface area contributed by atoms with Gasteiger partial charge < -0.3 is 14.4 Å². The van der Waals surface area contributed by atoms with Crippen LogP contribution < -0.4 is 4.90 Å². The lowest BCUT2D eigenvalue weighted by Crippen LogP contribution is -2.43. The maximum absolute atomic E-state index is 12.5. The Balaban J connectivity index is 1.35. The Morgan fingerprint density at radius 2 is 1.83 bits per heavy atom. The molecule has 3 saturated heterocycles. The number of morpholine rings is 1. The third-order valence-corrected chi connectivity index (χ3v) is 5.45. The molecular formula is C17H24N4O3. The third kappa shape index (κ3) is 3.10. The van der Waals surface area contributed by atoms with Crippen LogP contribution in [0.3, 0.4) is 0 Å². The van der Waals surface area contributed by atoms with Gasteiger partial charge in [-0.15, -0.1) is 0 Å². The SMILES string of the molecule is O=C1OC(CN2CCOCC2)CC12CCN(c1ncccn1)CC2. The molecule has 24 heavy (non-hydrogen) atoms. The summed E-state index contributed by atoms with van der Waals surface area (Å²) >= 11 is 0. The number of piperidine rings is 1. The van der Waals surface area contributed by atoms with E-state index >= 15 is 0 Å². The third-order valence-electron chi connectivity index (χ3n) is 5.45. The molecule has 3 aliphatic rings. The molecule has 130 valence electrons. The molecule has 0 aromatic carbocycles. The van der Waals surface area contributed by atoms with Crippen molar-refractivity contribution >= 4 is 11.9 Å². The van der Waals surface area contributed by atoms with Gasteiger partial charge in [0.05, 0.1) is 18.6 Å². The van der Waals surface area contributed by atoms with Crippen molar-refractivity contribution in [1.29, 1.82) is 0 Å². The van der Waals surface area contributed by atoms with Crippen molar-refractivity contribution < 1.29 is 14.3 Å². The fraction of sp³-hybridized carbons (Fsp3) is 0.706. The number of carbonyl (C=O) groups excluding carboxylic acids is 1. The summed E-state index contributed by atoms with van der Waals surface area (Å²) in [5.41, 5.74) is -0.303. The molecule has 1 atom stereocenters. The van der Waals surface area contributed by atoms with E-state index in [9.17, 15) is 4.79 Å². The molecule has 0 bridgehead atoms. The monoisotopic (exact) mass is 332 g/mol. The molecule has 1 unspecified atom stereocenters. The van der Waals surface area contributed by atoms with Gasteiger partial charge >= 0.3 is 5.97 Å². The van der Waals surface area contributed by atoms with Gasteiger partial charge in [-0.25, -0.2) is 9.97 Å². The highest BCUT2D eigenvalue weighted by Crippen LogP contribution is 2.43. The zero-order valence-electron chi connectivity index (χ0n) is 13.9. The minimum atomic E-state index is -0.303. The summed E-state index contributed by atoms with van der Waals surface area (Å²) in [7, 11) is 0. The Kier molecular flexibility index (Phi) is 4.37. The zero-order valence-corrected chi connectivity index (χ0v) is 13.9. The summed E-state index contributed by atoms with van der Waals surface area (Å²) in [6.07, 6.45) is 6.03. The summed E-state index contributed by atoms with van der Waals surface area (Å²) in [5.74, 6) is 0.748. The van der Waals surface area contributed by atoms with Crippen molar-refractivity contribution in [3.05, 3.63) is 18.5 Å². The molecule has 0 saturated carbocycles. The lowest BCUT2D eigenvalue weighted by Gasteiger charge is -2.36. The van der Waals surface area contributed by atoms with E-state index in [1.807, 2.05) is 6.07 Å². The molecule has 1 aromatic rings. The van der Waals surface area contributed by atoms with E-state index in [1.165, 1.54) is 0 Å². The van der Waals surface area contributed by atoms with Crippen molar-refractivity contribution in [3.8, 4) is 0 Å². The van der Waals surface area contributed by atoms with Crippen LogP contribution in [0.25, 0.3) is 0 Å². The van der Waals surface area contributed by atoms with Crippen LogP contribution in [-0.4, -0.2) is 72.9 Å². The Labute approximate surface area is 142 Å². The second-order valence-electron chi connectivity index (χ2n) is 6.96. The fourth-order valence-electron chi connectivity index (χ4n) is 4.01. The first-order valence-corrected chi connectivity index (χ1v) is 8.78. The molecule has 4 rings (SSSR count). The maximum atomic E-state index is 12.5. The smallest absolute Gasteiger partial charge is 0.312 e. The summed E-state index contributed by atoms with van der Waals surface area (Å²) in [4.78, 5) is 25.7. The van der Waals surface area contributed by atoms with Crippen LogP contribution in [0.5, 0.6) is 0 Å². The normalized spacial score (nSPS) is 27.4. The highest BCUT2D eigenvalue weighted by atomic mass is 16.6. The van der Waals surface area contributed by atoms with Crippen molar-refractivity contribution in [2.75, 3.05) is 50.8 Å². The molecule has 7 heteroatoms. The molecule has 3 aliphatic heterocycles. The van der Waals surface area contributed by atoms with Gasteiger partial charge in [0.25, 0.3) is 0 Å². The van der Waals surface area contributed by atoms with E-state index in [1.54, 1.807) is 12.4 Å². The number of hydrogen-bond acceptors (Lipinski definition) is 7. The van der Waals surface area contributed by atoms with Gasteiger partial charge in [0.15, 0.2) is 0 Å². The van der Waals surface area contributed by atoms with E-state index in [-0.39, 0.29) is 17.5 Å². The quantitative estimate of drug-likeness (QED) is 0.755. The van der Waals surface area contributed by atoms with Crippen LogP contribution in [0.15, 0.2) is 18.5 Å². The fourth-order valence-corrected chi connectivity index (χ4v) is 4.01. The Bertz CT molecular complexity index is 568. The summed E-state index contributed by atoms with van der Waals surface area (Å²) in [5, 5.41) is 0. The van der Waals surface area contributed by atoms with Crippen LogP contribution in [0, 0.1) is 5.41 Å². The van der Waals surface area contributed by atoms with Crippen molar-refractivity contribution in [3.63, 3.8) is 0 Å². The second kappa shape index (κ2) is 6.64. The van der Waals surface area contributed by atoms with Crippen molar-refractivity contribution in [2.24, 2.45) is 5.41 Å². The number of cyclic esters (lactones) is 1. The van der Waals surface area contributed by atoms with Gasteiger partial charge in [0, 0.05) is 51.5 Å². The molecule has 0 N–H and O–H groups in total. The van der Waals surface area contributed by atoms with Gasteiger partial charge in [-0.1, -0.05) is 0 Å². The van der Waals surface area contributed by atoms with Crippen LogP contribution >= 0.6 is 0 Å². The predicted molar refractivity (Wildman–Crippen MR) is 87.7 cm³/mol. The second-order valence-corrected chi connectivity index (χ2v) is 6.96. The molecule has 7 nitrogen and oxygen atoms in total. The zero-order chi connectivity index (χ0) is 16.4. The molecule has 4 heterocycles. The molecule has 1 spiro atoms. The van der Waals surface area contributed by atoms with E-state index in [0.29, 0.717) is 0 Å². The first-order valence-electron chi connectivity index (χ1n) is 8.78. The molecule has 1 aromatic heterocycles. The highest BCUT2D eigenvalue weighted by molar-refractivity contribution is 5.79. The van der Waals surface area contributed by atoms with Crippen LogP contribution in [0.2, 0.25) is 0 Å². The average molecular weight is 332 g/mol. The van der Waals surface area contributed by atoms with Crippen molar-refractivity contribution in [1.82, 2.24) is 14.9 Å². The number of nitrogens with zero attached hydrogens (tertiary/aromatic N) is 4. The van der Waals surface area contributed by atoms with E-state index < -0.39 is 0 Å². The Morgan fingerprint density at radius 3 is 2.54 bits per heavy atom. The number of aromatic nitrogens is 2. The number of rotatable bonds is 3. The highest BCUT2D eigenvalue weighted by Gasteiger charge is 2.50. The van der Waals surface area contributed by atoms with Gasteiger partial charge in [-0.05, 0) is 18.9 Å². The average Bonchev–Trinajstić information content (AvgIpc) is 2.92. The van der Waals surface area contributed by atoms with Gasteiger partial charge in [-0.2, -0.15) is 0 Å².